The molecule has 9 nitrogen and oxygen atoms in total. The van der Waals surface area contributed by atoms with E-state index in [1.807, 2.05) is 0 Å². The predicted molar refractivity (Wildman–Crippen MR) is 97.0 cm³/mol. The van der Waals surface area contributed by atoms with Crippen LogP contribution in [0.1, 0.15) is 10.4 Å². The molecule has 3 rings (SSSR count). The van der Waals surface area contributed by atoms with Crippen LogP contribution in [0, 0.1) is 0 Å². The van der Waals surface area contributed by atoms with Crippen LogP contribution in [-0.4, -0.2) is 50.9 Å². The first-order chi connectivity index (χ1) is 12.9. The molecule has 1 fully saturated rings. The van der Waals surface area contributed by atoms with Gasteiger partial charge in [0.25, 0.3) is 15.9 Å². The number of nitrogens with one attached hydrogen (secondary N) is 2. The molecule has 1 saturated heterocycles. The van der Waals surface area contributed by atoms with E-state index < -0.39 is 34.5 Å². The molecule has 0 bridgehead atoms. The molecule has 2 heterocycles. The van der Waals surface area contributed by atoms with Crippen LogP contribution in [0.3, 0.4) is 0 Å². The summed E-state index contributed by atoms with van der Waals surface area (Å²) in [5, 5.41) is 4.09. The molecule has 27 heavy (non-hydrogen) atoms. The maximum Gasteiger partial charge on any atom is 0.340 e. The van der Waals surface area contributed by atoms with Crippen molar-refractivity contribution in [2.24, 2.45) is 0 Å². The molecule has 0 spiro atoms. The molecule has 11 heteroatoms. The quantitative estimate of drug-likeness (QED) is 0.693. The Labute approximate surface area is 159 Å². The van der Waals surface area contributed by atoms with Gasteiger partial charge in [-0.15, -0.1) is 11.3 Å². The van der Waals surface area contributed by atoms with Gasteiger partial charge < -0.3 is 10.1 Å². The van der Waals surface area contributed by atoms with Gasteiger partial charge in [-0.2, -0.15) is 0 Å². The highest BCUT2D eigenvalue weighted by Crippen LogP contribution is 2.23. The highest BCUT2D eigenvalue weighted by atomic mass is 32.2. The third kappa shape index (κ3) is 4.26. The molecule has 1 aliphatic heterocycles. The molecule has 0 aliphatic carbocycles. The Kier molecular flexibility index (Phi) is 5.42. The van der Waals surface area contributed by atoms with Gasteiger partial charge >= 0.3 is 12.0 Å². The number of rotatable bonds is 6. The van der Waals surface area contributed by atoms with Gasteiger partial charge in [-0.05, 0) is 23.6 Å². The zero-order valence-corrected chi connectivity index (χ0v) is 15.5. The molecule has 0 saturated carbocycles. The van der Waals surface area contributed by atoms with Gasteiger partial charge in [0, 0.05) is 13.1 Å². The number of benzene rings is 1. The highest BCUT2D eigenvalue weighted by molar-refractivity contribution is 7.94. The first kappa shape index (κ1) is 18.9. The standard InChI is InChI=1S/C16H15N3O6S2/c20-13(19-8-7-17-16(19)22)10-25-15(21)11-4-1-2-5-12(11)18-27(23,24)14-6-3-9-26-14/h1-6,9,18H,7-8,10H2,(H,17,22). The van der Waals surface area contributed by atoms with Crippen LogP contribution >= 0.6 is 11.3 Å². The van der Waals surface area contributed by atoms with Crippen LogP contribution in [0.2, 0.25) is 0 Å². The van der Waals surface area contributed by atoms with Crippen LogP contribution in [-0.2, 0) is 19.6 Å². The summed E-state index contributed by atoms with van der Waals surface area (Å²) in [6, 6.07) is 8.38. The third-order valence-corrected chi connectivity index (χ3v) is 6.40. The Bertz CT molecular complexity index is 972. The summed E-state index contributed by atoms with van der Waals surface area (Å²) in [7, 11) is -3.85. The Balaban J connectivity index is 1.70. The van der Waals surface area contributed by atoms with Gasteiger partial charge in [-0.1, -0.05) is 18.2 Å². The van der Waals surface area contributed by atoms with Crippen molar-refractivity contribution in [3.05, 3.63) is 47.3 Å². The normalized spacial score (nSPS) is 13.9. The molecule has 1 aromatic heterocycles. The number of ether oxygens (including phenoxy) is 1. The van der Waals surface area contributed by atoms with Crippen molar-refractivity contribution in [1.82, 2.24) is 10.2 Å². The highest BCUT2D eigenvalue weighted by Gasteiger charge is 2.27. The van der Waals surface area contributed by atoms with E-state index in [-0.39, 0.29) is 22.0 Å². The lowest BCUT2D eigenvalue weighted by Gasteiger charge is -2.14. The molecule has 0 atom stereocenters. The van der Waals surface area contributed by atoms with E-state index in [0.29, 0.717) is 6.54 Å². The fourth-order valence-corrected chi connectivity index (χ4v) is 4.43. The van der Waals surface area contributed by atoms with Gasteiger partial charge in [-0.3, -0.25) is 14.4 Å². The first-order valence-corrected chi connectivity index (χ1v) is 10.2. The molecule has 0 radical (unpaired) electrons. The molecule has 2 aromatic rings. The van der Waals surface area contributed by atoms with Crippen molar-refractivity contribution >= 4 is 45.0 Å². The number of carbonyl (C=O) groups is 3. The van der Waals surface area contributed by atoms with Crippen molar-refractivity contribution in [1.29, 1.82) is 0 Å². The van der Waals surface area contributed by atoms with Crippen molar-refractivity contribution < 1.29 is 27.5 Å². The zero-order valence-electron chi connectivity index (χ0n) is 13.9. The number of imide groups is 1. The van der Waals surface area contributed by atoms with Crippen LogP contribution in [0.5, 0.6) is 0 Å². The van der Waals surface area contributed by atoms with E-state index in [4.69, 9.17) is 4.74 Å². The molecule has 0 unspecified atom stereocenters. The van der Waals surface area contributed by atoms with Gasteiger partial charge in [-0.25, -0.2) is 18.0 Å². The van der Waals surface area contributed by atoms with E-state index in [1.54, 1.807) is 17.5 Å². The Morgan fingerprint density at radius 2 is 2.00 bits per heavy atom. The van der Waals surface area contributed by atoms with Crippen LogP contribution in [0.25, 0.3) is 0 Å². The van der Waals surface area contributed by atoms with Gasteiger partial charge in [0.15, 0.2) is 6.61 Å². The number of amides is 3. The van der Waals surface area contributed by atoms with Crippen molar-refractivity contribution in [2.45, 2.75) is 4.21 Å². The molecular formula is C16H15N3O6S2. The lowest BCUT2D eigenvalue weighted by molar-refractivity contribution is -0.130. The summed E-state index contributed by atoms with van der Waals surface area (Å²) < 4.78 is 32.1. The second-order valence-electron chi connectivity index (χ2n) is 5.44. The number of nitrogens with zero attached hydrogens (tertiary/aromatic N) is 1. The predicted octanol–water partition coefficient (Wildman–Crippen LogP) is 1.26. The molecule has 142 valence electrons. The largest absolute Gasteiger partial charge is 0.452 e. The summed E-state index contributed by atoms with van der Waals surface area (Å²) in [5.74, 6) is -1.54. The Hall–Kier alpha value is -2.92. The van der Waals surface area contributed by atoms with Gasteiger partial charge in [0.1, 0.15) is 4.21 Å². The number of hydrogen-bond donors (Lipinski definition) is 2. The summed E-state index contributed by atoms with van der Waals surface area (Å²) in [6.07, 6.45) is 0. The fourth-order valence-electron chi connectivity index (χ4n) is 2.35. The number of para-hydroxylation sites is 1. The topological polar surface area (TPSA) is 122 Å². The van der Waals surface area contributed by atoms with Crippen molar-refractivity contribution in [3.8, 4) is 0 Å². The van der Waals surface area contributed by atoms with E-state index in [2.05, 4.69) is 10.0 Å². The van der Waals surface area contributed by atoms with E-state index >= 15 is 0 Å². The van der Waals surface area contributed by atoms with E-state index in [1.165, 1.54) is 24.3 Å². The number of anilines is 1. The van der Waals surface area contributed by atoms with E-state index in [9.17, 15) is 22.8 Å². The molecule has 1 aliphatic rings. The van der Waals surface area contributed by atoms with Crippen molar-refractivity contribution in [3.63, 3.8) is 0 Å². The number of carbonyl (C=O) groups excluding carboxylic acids is 3. The minimum atomic E-state index is -3.85. The number of esters is 1. The maximum atomic E-state index is 12.4. The summed E-state index contributed by atoms with van der Waals surface area (Å²) >= 11 is 1.04. The fraction of sp³-hybridized carbons (Fsp3) is 0.188. The van der Waals surface area contributed by atoms with Gasteiger partial charge in [0.05, 0.1) is 11.3 Å². The summed E-state index contributed by atoms with van der Waals surface area (Å²) in [5.41, 5.74) is -0.0152. The number of hydrogen-bond acceptors (Lipinski definition) is 7. The average molecular weight is 409 g/mol. The summed E-state index contributed by atoms with van der Waals surface area (Å²) in [6.45, 7) is -0.0868. The summed E-state index contributed by atoms with van der Waals surface area (Å²) in [4.78, 5) is 36.6. The molecule has 1 aromatic carbocycles. The SMILES string of the molecule is O=C(OCC(=O)N1CCNC1=O)c1ccccc1NS(=O)(=O)c1cccs1. The van der Waals surface area contributed by atoms with Crippen LogP contribution < -0.4 is 10.0 Å². The minimum absolute atomic E-state index is 0.0299. The van der Waals surface area contributed by atoms with Crippen LogP contribution in [0.15, 0.2) is 46.0 Å². The minimum Gasteiger partial charge on any atom is -0.452 e. The van der Waals surface area contributed by atoms with Gasteiger partial charge in [0.2, 0.25) is 0 Å². The number of urea groups is 1. The lowest BCUT2D eigenvalue weighted by atomic mass is 10.2. The lowest BCUT2D eigenvalue weighted by Crippen LogP contribution is -2.37. The first-order valence-electron chi connectivity index (χ1n) is 7.79. The molecular weight excluding hydrogens is 394 g/mol. The van der Waals surface area contributed by atoms with E-state index in [0.717, 1.165) is 16.2 Å². The molecule has 3 amide bonds. The third-order valence-electron chi connectivity index (χ3n) is 3.64. The number of thiophene rings is 1. The number of sulfonamides is 1. The monoisotopic (exact) mass is 409 g/mol. The molecule has 2 N–H and O–H groups in total. The van der Waals surface area contributed by atoms with Crippen LogP contribution in [0.4, 0.5) is 10.5 Å². The smallest absolute Gasteiger partial charge is 0.340 e. The second kappa shape index (κ2) is 7.76. The zero-order chi connectivity index (χ0) is 19.4. The second-order valence-corrected chi connectivity index (χ2v) is 8.29. The van der Waals surface area contributed by atoms with Crippen molar-refractivity contribution in [2.75, 3.05) is 24.4 Å². The maximum absolute atomic E-state index is 12.4. The average Bonchev–Trinajstić information content (AvgIpc) is 3.31. The Morgan fingerprint density at radius 1 is 1.22 bits per heavy atom. The Morgan fingerprint density at radius 3 is 2.67 bits per heavy atom.